The molecule has 180 valence electrons. The fourth-order valence-electron chi connectivity index (χ4n) is 4.86. The molecule has 5 rings (SSSR count). The van der Waals surface area contributed by atoms with E-state index in [9.17, 15) is 21.6 Å². The van der Waals surface area contributed by atoms with Crippen LogP contribution in [-0.2, 0) is 29.8 Å². The van der Waals surface area contributed by atoms with Gasteiger partial charge in [-0.15, -0.1) is 4.40 Å². The summed E-state index contributed by atoms with van der Waals surface area (Å²) in [7, 11) is -7.34. The first-order valence-electron chi connectivity index (χ1n) is 11.1. The van der Waals surface area contributed by atoms with Crippen molar-refractivity contribution in [2.75, 3.05) is 59.0 Å². The van der Waals surface area contributed by atoms with Crippen molar-refractivity contribution in [1.82, 2.24) is 18.4 Å². The third-order valence-corrected chi connectivity index (χ3v) is 9.96. The molecule has 4 heterocycles. The highest BCUT2D eigenvalue weighted by Crippen LogP contribution is 2.31. The Morgan fingerprint density at radius 1 is 0.970 bits per heavy atom. The van der Waals surface area contributed by atoms with Gasteiger partial charge in [0.1, 0.15) is 10.9 Å². The van der Waals surface area contributed by atoms with Gasteiger partial charge in [0.15, 0.2) is 5.84 Å². The average Bonchev–Trinajstić information content (AvgIpc) is 3.42. The van der Waals surface area contributed by atoms with Crippen molar-refractivity contribution in [2.45, 2.75) is 23.8 Å². The van der Waals surface area contributed by atoms with Gasteiger partial charge in [0.2, 0.25) is 5.91 Å². The summed E-state index contributed by atoms with van der Waals surface area (Å²) in [5, 5.41) is 0. The molecule has 1 aromatic rings. The maximum atomic E-state index is 13.4. The van der Waals surface area contributed by atoms with Crippen LogP contribution in [0.5, 0.6) is 0 Å². The lowest BCUT2D eigenvalue weighted by molar-refractivity contribution is -0.136. The number of morpholine rings is 1. The van der Waals surface area contributed by atoms with Gasteiger partial charge in [-0.05, 0) is 25.0 Å². The van der Waals surface area contributed by atoms with E-state index in [1.807, 2.05) is 0 Å². The Morgan fingerprint density at radius 3 is 2.36 bits per heavy atom. The van der Waals surface area contributed by atoms with Crippen LogP contribution in [0.3, 0.4) is 0 Å². The molecule has 33 heavy (non-hydrogen) atoms. The van der Waals surface area contributed by atoms with Gasteiger partial charge in [-0.25, -0.2) is 0 Å². The van der Waals surface area contributed by atoms with E-state index in [4.69, 9.17) is 4.74 Å². The summed E-state index contributed by atoms with van der Waals surface area (Å²) >= 11 is 0. The molecule has 13 heteroatoms. The van der Waals surface area contributed by atoms with Crippen molar-refractivity contribution in [3.8, 4) is 0 Å². The van der Waals surface area contributed by atoms with Crippen molar-refractivity contribution >= 4 is 32.0 Å². The number of sulfonamides is 1. The number of rotatable bonds is 3. The molecule has 0 N–H and O–H groups in total. The lowest BCUT2D eigenvalue weighted by Gasteiger charge is -2.39. The number of amides is 1. The monoisotopic (exact) mass is 497 g/mol. The molecular weight excluding hydrogens is 470 g/mol. The van der Waals surface area contributed by atoms with Crippen LogP contribution in [0.2, 0.25) is 0 Å². The third kappa shape index (κ3) is 4.05. The molecule has 1 amide bonds. The lowest BCUT2D eigenvalue weighted by Crippen LogP contribution is -2.58. The number of hydrogen-bond donors (Lipinski definition) is 0. The summed E-state index contributed by atoms with van der Waals surface area (Å²) in [4.78, 5) is 17.0. The molecule has 0 bridgehead atoms. The zero-order chi connectivity index (χ0) is 23.2. The minimum atomic E-state index is -3.77. The molecule has 1 atom stereocenters. The van der Waals surface area contributed by atoms with E-state index in [1.54, 1.807) is 28.0 Å². The Hall–Kier alpha value is -2.06. The van der Waals surface area contributed by atoms with Crippen LogP contribution in [-0.4, -0.2) is 112 Å². The smallest absolute Gasteiger partial charge is 0.285 e. The van der Waals surface area contributed by atoms with Gasteiger partial charge in [0.25, 0.3) is 20.2 Å². The molecule has 4 aliphatic heterocycles. The second-order valence-corrected chi connectivity index (χ2v) is 12.0. The number of piperazine rings is 1. The van der Waals surface area contributed by atoms with Gasteiger partial charge >= 0.3 is 0 Å². The molecule has 11 nitrogen and oxygen atoms in total. The van der Waals surface area contributed by atoms with Crippen LogP contribution in [0.25, 0.3) is 0 Å². The van der Waals surface area contributed by atoms with Gasteiger partial charge in [0, 0.05) is 51.4 Å². The van der Waals surface area contributed by atoms with Crippen molar-refractivity contribution in [2.24, 2.45) is 4.40 Å². The number of fused-ring (bicyclic) bond motifs is 1. The van der Waals surface area contributed by atoms with Gasteiger partial charge in [-0.1, -0.05) is 12.1 Å². The number of nitrogens with zero attached hydrogens (tertiary/aromatic N) is 5. The maximum absolute atomic E-state index is 13.4. The average molecular weight is 498 g/mol. The van der Waals surface area contributed by atoms with E-state index in [-0.39, 0.29) is 23.9 Å². The van der Waals surface area contributed by atoms with E-state index in [2.05, 4.69) is 4.40 Å². The Bertz CT molecular complexity index is 1170. The van der Waals surface area contributed by atoms with Crippen molar-refractivity contribution < 1.29 is 26.4 Å². The SMILES string of the molecule is O=C([C@@H]1CCCN1C1=NS(=O)(=O)c2ccccc21)N1CCN(S(=O)(=O)N2CCOCC2)CC1. The molecule has 0 radical (unpaired) electrons. The fraction of sp³-hybridized carbons (Fsp3) is 0.600. The Morgan fingerprint density at radius 2 is 1.64 bits per heavy atom. The molecule has 0 aromatic heterocycles. The first kappa shape index (κ1) is 22.7. The summed E-state index contributed by atoms with van der Waals surface area (Å²) in [6.07, 6.45) is 1.36. The van der Waals surface area contributed by atoms with Crippen LogP contribution in [0.15, 0.2) is 33.6 Å². The summed E-state index contributed by atoms with van der Waals surface area (Å²) in [5.41, 5.74) is 0.527. The zero-order valence-corrected chi connectivity index (χ0v) is 19.8. The van der Waals surface area contributed by atoms with Gasteiger partial charge in [0.05, 0.1) is 13.2 Å². The number of hydrogen-bond acceptors (Lipinski definition) is 7. The minimum Gasteiger partial charge on any atom is -0.379 e. The van der Waals surface area contributed by atoms with Crippen LogP contribution in [0, 0.1) is 0 Å². The normalized spacial score (nSPS) is 26.3. The van der Waals surface area contributed by atoms with Crippen LogP contribution >= 0.6 is 0 Å². The van der Waals surface area contributed by atoms with E-state index in [0.717, 1.165) is 6.42 Å². The van der Waals surface area contributed by atoms with E-state index < -0.39 is 26.3 Å². The lowest BCUT2D eigenvalue weighted by atomic mass is 10.1. The molecule has 1 aromatic carbocycles. The van der Waals surface area contributed by atoms with Crippen LogP contribution < -0.4 is 0 Å². The van der Waals surface area contributed by atoms with Gasteiger partial charge in [-0.3, -0.25) is 4.79 Å². The Labute approximate surface area is 193 Å². The third-order valence-electron chi connectivity index (χ3n) is 6.60. The van der Waals surface area contributed by atoms with Crippen molar-refractivity contribution in [3.05, 3.63) is 29.8 Å². The first-order chi connectivity index (χ1) is 15.8. The summed E-state index contributed by atoms with van der Waals surface area (Å²) in [6.45, 7) is 3.06. The number of benzene rings is 1. The molecule has 3 saturated heterocycles. The standard InChI is InChI=1S/C20H27N5O6S2/c26-20(22-8-10-23(11-9-22)33(29,30)24-12-14-31-15-13-24)17-5-3-7-25(17)19-16-4-1-2-6-18(16)32(27,28)21-19/h1-2,4,6,17H,3,5,7-15H2/t17-/m0/s1. The highest BCUT2D eigenvalue weighted by Gasteiger charge is 2.42. The highest BCUT2D eigenvalue weighted by atomic mass is 32.2. The fourth-order valence-corrected chi connectivity index (χ4v) is 7.64. The second-order valence-electron chi connectivity index (χ2n) is 8.48. The van der Waals surface area contributed by atoms with Gasteiger partial charge < -0.3 is 14.5 Å². The molecule has 0 spiro atoms. The Kier molecular flexibility index (Phi) is 5.93. The molecule has 0 unspecified atom stereocenters. The Balaban J connectivity index is 1.28. The number of carbonyl (C=O) groups excluding carboxylic acids is 1. The molecular formula is C20H27N5O6S2. The highest BCUT2D eigenvalue weighted by molar-refractivity contribution is 7.90. The number of carbonyl (C=O) groups is 1. The predicted molar refractivity (Wildman–Crippen MR) is 119 cm³/mol. The topological polar surface area (TPSA) is 120 Å². The van der Waals surface area contributed by atoms with Crippen LogP contribution in [0.4, 0.5) is 0 Å². The molecule has 4 aliphatic rings. The second kappa shape index (κ2) is 8.62. The maximum Gasteiger partial charge on any atom is 0.285 e. The largest absolute Gasteiger partial charge is 0.379 e. The predicted octanol–water partition coefficient (Wildman–Crippen LogP) is -0.679. The summed E-state index contributed by atoms with van der Waals surface area (Å²) in [6, 6.07) is 6.16. The number of ether oxygens (including phenoxy) is 1. The number of likely N-dealkylation sites (tertiary alicyclic amines) is 1. The van der Waals surface area contributed by atoms with E-state index >= 15 is 0 Å². The quantitative estimate of drug-likeness (QED) is 0.543. The summed E-state index contributed by atoms with van der Waals surface area (Å²) < 4.78 is 62.8. The molecule has 0 aliphatic carbocycles. The first-order valence-corrected chi connectivity index (χ1v) is 14.0. The molecule has 0 saturated carbocycles. The molecule has 3 fully saturated rings. The zero-order valence-electron chi connectivity index (χ0n) is 18.2. The van der Waals surface area contributed by atoms with Crippen molar-refractivity contribution in [3.63, 3.8) is 0 Å². The van der Waals surface area contributed by atoms with E-state index in [0.29, 0.717) is 63.8 Å². The summed E-state index contributed by atoms with van der Waals surface area (Å²) in [5.74, 6) is 0.218. The van der Waals surface area contributed by atoms with Gasteiger partial charge in [-0.2, -0.15) is 25.4 Å². The number of amidine groups is 1. The van der Waals surface area contributed by atoms with E-state index in [1.165, 1.54) is 14.7 Å². The van der Waals surface area contributed by atoms with Crippen molar-refractivity contribution in [1.29, 1.82) is 0 Å². The van der Waals surface area contributed by atoms with Crippen LogP contribution in [0.1, 0.15) is 18.4 Å². The minimum absolute atomic E-state index is 0.111.